The molecule has 6 heteroatoms. The van der Waals surface area contributed by atoms with E-state index in [9.17, 15) is 14.4 Å². The Morgan fingerprint density at radius 1 is 0.829 bits per heavy atom. The van der Waals surface area contributed by atoms with Gasteiger partial charge in [0.15, 0.2) is 0 Å². The number of benzene rings is 4. The Hall–Kier alpha value is -4.45. The zero-order chi connectivity index (χ0) is 24.4. The fourth-order valence-corrected chi connectivity index (χ4v) is 4.54. The van der Waals surface area contributed by atoms with Crippen LogP contribution >= 0.6 is 0 Å². The molecule has 6 nitrogen and oxygen atoms in total. The van der Waals surface area contributed by atoms with E-state index in [1.54, 1.807) is 6.92 Å². The summed E-state index contributed by atoms with van der Waals surface area (Å²) in [6.07, 6.45) is 0. The summed E-state index contributed by atoms with van der Waals surface area (Å²) >= 11 is 0. The summed E-state index contributed by atoms with van der Waals surface area (Å²) in [5.74, 6) is -0.877. The molecule has 1 aliphatic heterocycles. The number of hydrogen-bond acceptors (Lipinski definition) is 3. The number of nitrogens with one attached hydrogen (secondary N) is 2. The molecule has 35 heavy (non-hydrogen) atoms. The first-order valence-electron chi connectivity index (χ1n) is 11.5. The largest absolute Gasteiger partial charge is 0.344 e. The van der Waals surface area contributed by atoms with Gasteiger partial charge in [-0.3, -0.25) is 14.5 Å². The highest BCUT2D eigenvalue weighted by atomic mass is 16.2. The van der Waals surface area contributed by atoms with Gasteiger partial charge < -0.3 is 10.6 Å². The third-order valence-corrected chi connectivity index (χ3v) is 6.47. The highest BCUT2D eigenvalue weighted by Crippen LogP contribution is 2.31. The van der Waals surface area contributed by atoms with E-state index >= 15 is 0 Å². The third kappa shape index (κ3) is 4.26. The molecule has 0 bridgehead atoms. The van der Waals surface area contributed by atoms with Gasteiger partial charge in [0, 0.05) is 0 Å². The van der Waals surface area contributed by atoms with Crippen molar-refractivity contribution in [3.8, 4) is 0 Å². The molecule has 1 atom stereocenters. The van der Waals surface area contributed by atoms with Gasteiger partial charge in [0.25, 0.3) is 5.91 Å². The van der Waals surface area contributed by atoms with E-state index < -0.39 is 29.4 Å². The quantitative estimate of drug-likeness (QED) is 0.413. The fraction of sp³-hybridized carbons (Fsp3) is 0.138. The van der Waals surface area contributed by atoms with Gasteiger partial charge in [-0.15, -0.1) is 0 Å². The molecule has 0 unspecified atom stereocenters. The van der Waals surface area contributed by atoms with Crippen LogP contribution in [0.1, 0.15) is 29.7 Å². The standard InChI is InChI=1S/C29H25N3O3/c1-29(24-17-16-20-10-8-9-15-23(20)18-24)27(34)32(28(35)31-29)19-25(33)30-26(21-11-4-2-5-12-21)22-13-6-3-7-14-22/h2-18,26H,19H2,1H3,(H,30,33)(H,31,35)/t29-/m0/s1. The highest BCUT2D eigenvalue weighted by Gasteiger charge is 2.49. The summed E-state index contributed by atoms with van der Waals surface area (Å²) in [5.41, 5.74) is 1.24. The summed E-state index contributed by atoms with van der Waals surface area (Å²) in [5, 5.41) is 7.80. The maximum Gasteiger partial charge on any atom is 0.325 e. The summed E-state index contributed by atoms with van der Waals surface area (Å²) in [6, 6.07) is 31.7. The second-order valence-corrected chi connectivity index (χ2v) is 8.83. The number of fused-ring (bicyclic) bond motifs is 1. The minimum absolute atomic E-state index is 0.371. The third-order valence-electron chi connectivity index (χ3n) is 6.47. The summed E-state index contributed by atoms with van der Waals surface area (Å²) in [4.78, 5) is 40.3. The van der Waals surface area contributed by atoms with Gasteiger partial charge in [0.05, 0.1) is 6.04 Å². The van der Waals surface area contributed by atoms with E-state index in [2.05, 4.69) is 10.6 Å². The smallest absolute Gasteiger partial charge is 0.325 e. The molecule has 1 saturated heterocycles. The molecule has 0 radical (unpaired) electrons. The van der Waals surface area contributed by atoms with Crippen LogP contribution < -0.4 is 10.6 Å². The van der Waals surface area contributed by atoms with Crippen LogP contribution in [0, 0.1) is 0 Å². The van der Waals surface area contributed by atoms with Gasteiger partial charge >= 0.3 is 6.03 Å². The van der Waals surface area contributed by atoms with Crippen molar-refractivity contribution < 1.29 is 14.4 Å². The van der Waals surface area contributed by atoms with Crippen LogP contribution in [0.4, 0.5) is 4.79 Å². The van der Waals surface area contributed by atoms with Crippen molar-refractivity contribution in [1.29, 1.82) is 0 Å². The molecular formula is C29H25N3O3. The van der Waals surface area contributed by atoms with E-state index in [0.29, 0.717) is 5.56 Å². The Balaban J connectivity index is 1.37. The molecule has 1 fully saturated rings. The van der Waals surface area contributed by atoms with Crippen LogP contribution in [-0.2, 0) is 15.1 Å². The average molecular weight is 464 g/mol. The lowest BCUT2D eigenvalue weighted by atomic mass is 9.90. The first-order valence-corrected chi connectivity index (χ1v) is 11.5. The van der Waals surface area contributed by atoms with Crippen LogP contribution in [0.2, 0.25) is 0 Å². The number of hydrogen-bond donors (Lipinski definition) is 2. The molecule has 2 N–H and O–H groups in total. The Morgan fingerprint density at radius 2 is 1.40 bits per heavy atom. The zero-order valence-corrected chi connectivity index (χ0v) is 19.3. The minimum Gasteiger partial charge on any atom is -0.344 e. The van der Waals surface area contributed by atoms with Crippen LogP contribution in [-0.4, -0.2) is 29.3 Å². The van der Waals surface area contributed by atoms with Crippen molar-refractivity contribution in [2.24, 2.45) is 0 Å². The Labute approximate surface area is 203 Å². The van der Waals surface area contributed by atoms with Crippen molar-refractivity contribution >= 4 is 28.6 Å². The van der Waals surface area contributed by atoms with Gasteiger partial charge in [-0.2, -0.15) is 0 Å². The molecule has 174 valence electrons. The number of amides is 4. The molecule has 0 saturated carbocycles. The number of carbonyl (C=O) groups is 3. The lowest BCUT2D eigenvalue weighted by Gasteiger charge is -2.23. The SMILES string of the molecule is C[C@@]1(c2ccc3ccccc3c2)NC(=O)N(CC(=O)NC(c2ccccc2)c2ccccc2)C1=O. The first-order chi connectivity index (χ1) is 17.0. The molecule has 0 spiro atoms. The molecule has 5 rings (SSSR count). The molecule has 4 aromatic carbocycles. The van der Waals surface area contributed by atoms with E-state index in [1.807, 2.05) is 103 Å². The molecular weight excluding hydrogens is 438 g/mol. The number of nitrogens with zero attached hydrogens (tertiary/aromatic N) is 1. The monoisotopic (exact) mass is 463 g/mol. The summed E-state index contributed by atoms with van der Waals surface area (Å²) in [6.45, 7) is 1.30. The highest BCUT2D eigenvalue weighted by molar-refractivity contribution is 6.09. The average Bonchev–Trinajstić information content (AvgIpc) is 3.11. The van der Waals surface area contributed by atoms with Gasteiger partial charge in [-0.25, -0.2) is 4.79 Å². The van der Waals surface area contributed by atoms with Crippen molar-refractivity contribution in [3.05, 3.63) is 120 Å². The molecule has 4 aromatic rings. The summed E-state index contributed by atoms with van der Waals surface area (Å²) < 4.78 is 0. The molecule has 0 aliphatic carbocycles. The van der Waals surface area contributed by atoms with E-state index in [-0.39, 0.29) is 6.54 Å². The normalized spacial score (nSPS) is 17.6. The van der Waals surface area contributed by atoms with Crippen LogP contribution in [0.5, 0.6) is 0 Å². The maximum absolute atomic E-state index is 13.4. The lowest BCUT2D eigenvalue weighted by molar-refractivity contribution is -0.135. The van der Waals surface area contributed by atoms with Crippen molar-refractivity contribution in [2.75, 3.05) is 6.54 Å². The van der Waals surface area contributed by atoms with E-state index in [4.69, 9.17) is 0 Å². The van der Waals surface area contributed by atoms with Gasteiger partial charge in [-0.05, 0) is 40.5 Å². The molecule has 1 aliphatic rings. The number of rotatable bonds is 6. The van der Waals surface area contributed by atoms with Crippen molar-refractivity contribution in [2.45, 2.75) is 18.5 Å². The Bertz CT molecular complexity index is 1370. The van der Waals surface area contributed by atoms with Crippen molar-refractivity contribution in [3.63, 3.8) is 0 Å². The number of imide groups is 1. The Morgan fingerprint density at radius 3 is 2.03 bits per heavy atom. The number of urea groups is 1. The maximum atomic E-state index is 13.4. The molecule has 0 aromatic heterocycles. The van der Waals surface area contributed by atoms with Gasteiger partial charge in [-0.1, -0.05) is 97.1 Å². The van der Waals surface area contributed by atoms with Gasteiger partial charge in [0.1, 0.15) is 12.1 Å². The molecule has 1 heterocycles. The first kappa shape index (κ1) is 22.3. The molecule has 4 amide bonds. The van der Waals surface area contributed by atoms with Crippen LogP contribution in [0.3, 0.4) is 0 Å². The number of carbonyl (C=O) groups excluding carboxylic acids is 3. The predicted octanol–water partition coefficient (Wildman–Crippen LogP) is 4.51. The van der Waals surface area contributed by atoms with E-state index in [0.717, 1.165) is 26.8 Å². The second kappa shape index (κ2) is 9.06. The Kier molecular flexibility index (Phi) is 5.79. The lowest BCUT2D eigenvalue weighted by Crippen LogP contribution is -2.44. The minimum atomic E-state index is -1.25. The van der Waals surface area contributed by atoms with E-state index in [1.165, 1.54) is 0 Å². The van der Waals surface area contributed by atoms with Crippen LogP contribution in [0.15, 0.2) is 103 Å². The van der Waals surface area contributed by atoms with Gasteiger partial charge in [0.2, 0.25) is 5.91 Å². The zero-order valence-electron chi connectivity index (χ0n) is 19.3. The van der Waals surface area contributed by atoms with Crippen LogP contribution in [0.25, 0.3) is 10.8 Å². The van der Waals surface area contributed by atoms with Crippen molar-refractivity contribution in [1.82, 2.24) is 15.5 Å². The fourth-order valence-electron chi connectivity index (χ4n) is 4.54. The topological polar surface area (TPSA) is 78.5 Å². The second-order valence-electron chi connectivity index (χ2n) is 8.83. The summed E-state index contributed by atoms with van der Waals surface area (Å²) in [7, 11) is 0. The predicted molar refractivity (Wildman–Crippen MR) is 134 cm³/mol.